The number of nitrogens with zero attached hydrogens (tertiary/aromatic N) is 2. The summed E-state index contributed by atoms with van der Waals surface area (Å²) in [7, 11) is 0. The maximum absolute atomic E-state index is 14.4. The number of alkyl halides is 1. The van der Waals surface area contributed by atoms with E-state index >= 15 is 0 Å². The average molecular weight is 437 g/mol. The average Bonchev–Trinajstić information content (AvgIpc) is 3.46. The Morgan fingerprint density at radius 2 is 1.84 bits per heavy atom. The molecule has 0 spiro atoms. The van der Waals surface area contributed by atoms with Gasteiger partial charge in [-0.05, 0) is 57.3 Å². The second kappa shape index (κ2) is 9.62. The molecule has 2 aliphatic carbocycles. The minimum Gasteiger partial charge on any atom is -0.379 e. The second-order valence-corrected chi connectivity index (χ2v) is 10.8. The molecule has 5 aliphatic rings. The van der Waals surface area contributed by atoms with Crippen molar-refractivity contribution in [2.45, 2.75) is 94.7 Å². The van der Waals surface area contributed by atoms with Crippen LogP contribution >= 0.6 is 0 Å². The minimum atomic E-state index is -0.750. The van der Waals surface area contributed by atoms with Gasteiger partial charge >= 0.3 is 0 Å². The number of likely N-dealkylation sites (tertiary alicyclic amines) is 1. The van der Waals surface area contributed by atoms with Crippen molar-refractivity contribution in [3.8, 4) is 0 Å². The monoisotopic (exact) mass is 436 g/mol. The van der Waals surface area contributed by atoms with Gasteiger partial charge in [-0.1, -0.05) is 6.92 Å². The van der Waals surface area contributed by atoms with Gasteiger partial charge in [-0.25, -0.2) is 4.39 Å². The van der Waals surface area contributed by atoms with Gasteiger partial charge < -0.3 is 15.4 Å². The predicted octanol–water partition coefficient (Wildman–Crippen LogP) is 1.94. The van der Waals surface area contributed by atoms with Crippen LogP contribution in [-0.2, 0) is 9.53 Å². The number of amides is 1. The third-order valence-electron chi connectivity index (χ3n) is 8.92. The SMILES string of the molecule is CC1CCC(F)C2CC(C(=O)NC3CCCC(N4CCC(N5CCOCC5)C4)C3)NC12. The first-order chi connectivity index (χ1) is 15.1. The van der Waals surface area contributed by atoms with E-state index < -0.39 is 6.17 Å². The Balaban J connectivity index is 1.11. The fourth-order valence-corrected chi connectivity index (χ4v) is 7.07. The molecule has 8 unspecified atom stereocenters. The van der Waals surface area contributed by atoms with Crippen LogP contribution in [-0.4, -0.2) is 91.5 Å². The maximum atomic E-state index is 14.4. The number of rotatable bonds is 4. The highest BCUT2D eigenvalue weighted by Gasteiger charge is 2.46. The van der Waals surface area contributed by atoms with Crippen LogP contribution in [0.15, 0.2) is 0 Å². The predicted molar refractivity (Wildman–Crippen MR) is 119 cm³/mol. The molecular weight excluding hydrogens is 395 g/mol. The topological polar surface area (TPSA) is 56.8 Å². The van der Waals surface area contributed by atoms with Gasteiger partial charge in [0, 0.05) is 56.3 Å². The van der Waals surface area contributed by atoms with Crippen molar-refractivity contribution in [2.75, 3.05) is 39.4 Å². The molecule has 2 N–H and O–H groups in total. The summed E-state index contributed by atoms with van der Waals surface area (Å²) < 4.78 is 19.9. The lowest BCUT2D eigenvalue weighted by atomic mass is 9.77. The Bertz CT molecular complexity index is 613. The summed E-state index contributed by atoms with van der Waals surface area (Å²) >= 11 is 0. The zero-order valence-corrected chi connectivity index (χ0v) is 19.1. The van der Waals surface area contributed by atoms with Crippen LogP contribution in [0, 0.1) is 11.8 Å². The fraction of sp³-hybridized carbons (Fsp3) is 0.958. The lowest BCUT2D eigenvalue weighted by Crippen LogP contribution is -2.51. The van der Waals surface area contributed by atoms with Gasteiger partial charge in [-0.3, -0.25) is 14.6 Å². The van der Waals surface area contributed by atoms with Crippen LogP contribution in [0.25, 0.3) is 0 Å². The van der Waals surface area contributed by atoms with Crippen LogP contribution < -0.4 is 10.6 Å². The highest BCUT2D eigenvalue weighted by molar-refractivity contribution is 5.82. The van der Waals surface area contributed by atoms with Crippen molar-refractivity contribution in [3.05, 3.63) is 0 Å². The molecule has 31 heavy (non-hydrogen) atoms. The Morgan fingerprint density at radius 3 is 2.65 bits per heavy atom. The number of nitrogens with one attached hydrogen (secondary N) is 2. The van der Waals surface area contributed by atoms with Crippen LogP contribution in [0.1, 0.15) is 58.3 Å². The Labute approximate surface area is 186 Å². The molecule has 5 fully saturated rings. The number of carbonyl (C=O) groups excluding carboxylic acids is 1. The molecule has 8 atom stereocenters. The second-order valence-electron chi connectivity index (χ2n) is 10.8. The van der Waals surface area contributed by atoms with Crippen LogP contribution in [0.2, 0.25) is 0 Å². The molecule has 6 nitrogen and oxygen atoms in total. The van der Waals surface area contributed by atoms with Gasteiger partial charge in [0.2, 0.25) is 5.91 Å². The van der Waals surface area contributed by atoms with E-state index in [0.29, 0.717) is 30.8 Å². The van der Waals surface area contributed by atoms with E-state index in [2.05, 4.69) is 27.4 Å². The zero-order valence-electron chi connectivity index (χ0n) is 19.1. The van der Waals surface area contributed by atoms with E-state index in [-0.39, 0.29) is 30.0 Å². The largest absolute Gasteiger partial charge is 0.379 e. The lowest BCUT2D eigenvalue weighted by Gasteiger charge is -2.37. The van der Waals surface area contributed by atoms with E-state index in [0.717, 1.165) is 52.1 Å². The van der Waals surface area contributed by atoms with E-state index in [1.54, 1.807) is 0 Å². The van der Waals surface area contributed by atoms with Gasteiger partial charge in [0.15, 0.2) is 0 Å². The van der Waals surface area contributed by atoms with Crippen molar-refractivity contribution in [2.24, 2.45) is 11.8 Å². The van der Waals surface area contributed by atoms with Gasteiger partial charge in [0.25, 0.3) is 0 Å². The van der Waals surface area contributed by atoms with E-state index in [1.165, 1.54) is 25.8 Å². The lowest BCUT2D eigenvalue weighted by molar-refractivity contribution is -0.124. The summed E-state index contributed by atoms with van der Waals surface area (Å²) in [5.41, 5.74) is 0. The summed E-state index contributed by atoms with van der Waals surface area (Å²) in [5.74, 6) is 0.579. The highest BCUT2D eigenvalue weighted by atomic mass is 19.1. The molecule has 0 aromatic heterocycles. The number of fused-ring (bicyclic) bond motifs is 1. The molecule has 7 heteroatoms. The molecule has 5 rings (SSSR count). The summed E-state index contributed by atoms with van der Waals surface area (Å²) in [6.07, 6.45) is 7.31. The quantitative estimate of drug-likeness (QED) is 0.705. The molecule has 2 saturated carbocycles. The summed E-state index contributed by atoms with van der Waals surface area (Å²) in [5, 5.41) is 6.84. The molecule has 0 bridgehead atoms. The van der Waals surface area contributed by atoms with Crippen molar-refractivity contribution >= 4 is 5.91 Å². The molecule has 3 heterocycles. The Kier molecular flexibility index (Phi) is 6.84. The highest BCUT2D eigenvalue weighted by Crippen LogP contribution is 2.38. The van der Waals surface area contributed by atoms with Gasteiger partial charge in [0.1, 0.15) is 6.17 Å². The van der Waals surface area contributed by atoms with Crippen molar-refractivity contribution in [1.29, 1.82) is 0 Å². The fourth-order valence-electron chi connectivity index (χ4n) is 7.07. The van der Waals surface area contributed by atoms with Crippen LogP contribution in [0.3, 0.4) is 0 Å². The molecule has 176 valence electrons. The molecule has 3 saturated heterocycles. The normalized spacial score (nSPS) is 44.8. The van der Waals surface area contributed by atoms with Crippen molar-refractivity contribution in [1.82, 2.24) is 20.4 Å². The molecule has 1 amide bonds. The summed E-state index contributed by atoms with van der Waals surface area (Å²) in [4.78, 5) is 18.3. The van der Waals surface area contributed by atoms with Gasteiger partial charge in [-0.2, -0.15) is 0 Å². The number of hydrogen-bond donors (Lipinski definition) is 2. The van der Waals surface area contributed by atoms with Gasteiger partial charge in [-0.15, -0.1) is 0 Å². The minimum absolute atomic E-state index is 0.0142. The number of halogens is 1. The number of morpholine rings is 1. The first-order valence-electron chi connectivity index (χ1n) is 12.8. The third-order valence-corrected chi connectivity index (χ3v) is 8.92. The Hall–Kier alpha value is -0.760. The molecular formula is C24H41FN4O2. The number of hydrogen-bond acceptors (Lipinski definition) is 5. The molecule has 0 aromatic rings. The molecule has 3 aliphatic heterocycles. The van der Waals surface area contributed by atoms with Gasteiger partial charge in [0.05, 0.1) is 19.3 Å². The first kappa shape index (κ1) is 22.1. The van der Waals surface area contributed by atoms with Crippen LogP contribution in [0.4, 0.5) is 4.39 Å². The van der Waals surface area contributed by atoms with E-state index in [4.69, 9.17) is 4.74 Å². The maximum Gasteiger partial charge on any atom is 0.237 e. The first-order valence-corrected chi connectivity index (χ1v) is 12.8. The van der Waals surface area contributed by atoms with Crippen molar-refractivity contribution < 1.29 is 13.9 Å². The standard InChI is InChI=1S/C24H41FN4O2/c1-16-5-6-21(25)20-14-22(27-23(16)20)24(30)26-17-3-2-4-18(13-17)29-8-7-19(15-29)28-9-11-31-12-10-28/h16-23,27H,2-15H2,1H3,(H,26,30). The van der Waals surface area contributed by atoms with Crippen molar-refractivity contribution in [3.63, 3.8) is 0 Å². The summed E-state index contributed by atoms with van der Waals surface area (Å²) in [6.45, 7) is 8.40. The molecule has 0 aromatic carbocycles. The van der Waals surface area contributed by atoms with Crippen LogP contribution in [0.5, 0.6) is 0 Å². The Morgan fingerprint density at radius 1 is 1.00 bits per heavy atom. The summed E-state index contributed by atoms with van der Waals surface area (Å²) in [6, 6.07) is 1.46. The number of carbonyl (C=O) groups is 1. The zero-order chi connectivity index (χ0) is 21.4. The smallest absolute Gasteiger partial charge is 0.237 e. The number of ether oxygens (including phenoxy) is 1. The molecule has 0 radical (unpaired) electrons. The third kappa shape index (κ3) is 4.80. The van der Waals surface area contributed by atoms with E-state index in [1.807, 2.05) is 0 Å². The van der Waals surface area contributed by atoms with E-state index in [9.17, 15) is 9.18 Å².